The molecule has 3 rings (SSSR count). The van der Waals surface area contributed by atoms with Crippen molar-refractivity contribution in [1.82, 2.24) is 10.6 Å². The average molecular weight is 422 g/mol. The van der Waals surface area contributed by atoms with Gasteiger partial charge in [0.2, 0.25) is 5.91 Å². The highest BCUT2D eigenvalue weighted by Gasteiger charge is 2.42. The topological polar surface area (TPSA) is 70.2 Å². The van der Waals surface area contributed by atoms with Crippen molar-refractivity contribution in [3.05, 3.63) is 23.8 Å². The molecule has 5 nitrogen and oxygen atoms in total. The monoisotopic (exact) mass is 421 g/mol. The van der Waals surface area contributed by atoms with Crippen LogP contribution in [-0.4, -0.2) is 40.3 Å². The lowest BCUT2D eigenvalue weighted by Gasteiger charge is -2.16. The van der Waals surface area contributed by atoms with Crippen molar-refractivity contribution in [2.45, 2.75) is 80.4 Å². The number of anilines is 1. The minimum atomic E-state index is -0.0383. The number of hydrogen-bond donors (Lipinski definition) is 3. The molecule has 1 aromatic carbocycles. The fourth-order valence-corrected chi connectivity index (χ4v) is 6.22. The van der Waals surface area contributed by atoms with Gasteiger partial charge in [0.25, 0.3) is 0 Å². The highest BCUT2D eigenvalue weighted by atomic mass is 32.2. The molecule has 28 heavy (non-hydrogen) atoms. The van der Waals surface area contributed by atoms with Gasteiger partial charge in [-0.05, 0) is 49.9 Å². The number of fused-ring (bicyclic) bond motifs is 1. The molecular formula is C21H31N3O2S2. The Balaban J connectivity index is 1.38. The third-order valence-electron chi connectivity index (χ3n) is 5.46. The predicted octanol–water partition coefficient (Wildman–Crippen LogP) is 4.55. The van der Waals surface area contributed by atoms with Crippen LogP contribution in [0.5, 0.6) is 0 Å². The molecular weight excluding hydrogens is 390 g/mol. The quantitative estimate of drug-likeness (QED) is 0.311. The maximum Gasteiger partial charge on any atom is 0.315 e. The Morgan fingerprint density at radius 1 is 1.36 bits per heavy atom. The van der Waals surface area contributed by atoms with E-state index in [4.69, 9.17) is 0 Å². The molecule has 0 unspecified atom stereocenters. The molecule has 2 heterocycles. The first kappa shape index (κ1) is 21.4. The van der Waals surface area contributed by atoms with Gasteiger partial charge in [-0.25, -0.2) is 4.79 Å². The molecule has 2 fully saturated rings. The second-order valence-corrected chi connectivity index (χ2v) is 10.5. The van der Waals surface area contributed by atoms with E-state index in [1.807, 2.05) is 36.5 Å². The summed E-state index contributed by atoms with van der Waals surface area (Å²) in [5, 5.41) is 10.1. The molecule has 1 aromatic rings. The Morgan fingerprint density at radius 2 is 2.18 bits per heavy atom. The van der Waals surface area contributed by atoms with Gasteiger partial charge >= 0.3 is 6.03 Å². The fraction of sp³-hybridized carbons (Fsp3) is 0.619. The summed E-state index contributed by atoms with van der Waals surface area (Å²) in [5.41, 5.74) is 2.02. The highest BCUT2D eigenvalue weighted by molar-refractivity contribution is 8.00. The zero-order valence-corrected chi connectivity index (χ0v) is 18.6. The fourth-order valence-electron chi connectivity index (χ4n) is 3.65. The van der Waals surface area contributed by atoms with E-state index in [9.17, 15) is 9.59 Å². The summed E-state index contributed by atoms with van der Waals surface area (Å²) in [5.74, 6) is 1.07. The van der Waals surface area contributed by atoms with Crippen LogP contribution in [0, 0.1) is 6.92 Å². The van der Waals surface area contributed by atoms with Crippen LogP contribution in [0.1, 0.15) is 51.5 Å². The molecule has 0 spiro atoms. The molecule has 3 N–H and O–H groups in total. The van der Waals surface area contributed by atoms with E-state index < -0.39 is 0 Å². The van der Waals surface area contributed by atoms with E-state index in [-0.39, 0.29) is 24.0 Å². The van der Waals surface area contributed by atoms with E-state index in [0.29, 0.717) is 16.9 Å². The standard InChI is InChI=1S/C21H31N3O2S2/c1-4-14(3)28-15-9-10-16(13(2)11-15)22-19(25)8-6-5-7-18-20-17(12-27-18)23-21(26)24-20/h9-11,14,17-18,20H,4-8,12H2,1-3H3,(H,22,25)(H2,23,24,26)/t14-,17+,18+,20+/m1/s1. The number of aryl methyl sites for hydroxylation is 1. The summed E-state index contributed by atoms with van der Waals surface area (Å²) < 4.78 is 0. The first-order chi connectivity index (χ1) is 13.5. The second kappa shape index (κ2) is 9.92. The van der Waals surface area contributed by atoms with Crippen molar-refractivity contribution in [3.8, 4) is 0 Å². The summed E-state index contributed by atoms with van der Waals surface area (Å²) in [7, 11) is 0. The van der Waals surface area contributed by atoms with Gasteiger partial charge in [0.1, 0.15) is 0 Å². The van der Waals surface area contributed by atoms with E-state index >= 15 is 0 Å². The van der Waals surface area contributed by atoms with Crippen molar-refractivity contribution < 1.29 is 9.59 Å². The normalized spacial score (nSPS) is 24.4. The van der Waals surface area contributed by atoms with Crippen molar-refractivity contribution in [2.75, 3.05) is 11.1 Å². The van der Waals surface area contributed by atoms with Crippen molar-refractivity contribution in [2.24, 2.45) is 0 Å². The lowest BCUT2D eigenvalue weighted by Crippen LogP contribution is -2.36. The minimum absolute atomic E-state index is 0.0383. The Labute approximate surface area is 176 Å². The van der Waals surface area contributed by atoms with E-state index in [1.165, 1.54) is 4.90 Å². The number of hydrogen-bond acceptors (Lipinski definition) is 4. The van der Waals surface area contributed by atoms with E-state index in [0.717, 1.165) is 42.7 Å². The van der Waals surface area contributed by atoms with Crippen LogP contribution in [0.25, 0.3) is 0 Å². The Morgan fingerprint density at radius 3 is 2.93 bits per heavy atom. The Bertz CT molecular complexity index is 713. The summed E-state index contributed by atoms with van der Waals surface area (Å²) >= 11 is 3.80. The number of amides is 3. The Hall–Kier alpha value is -1.34. The number of thioether (sulfide) groups is 2. The van der Waals surface area contributed by atoms with Crippen LogP contribution in [0.2, 0.25) is 0 Å². The molecule has 3 amide bonds. The van der Waals surface area contributed by atoms with Gasteiger partial charge in [-0.1, -0.05) is 20.3 Å². The number of carbonyl (C=O) groups is 2. The summed E-state index contributed by atoms with van der Waals surface area (Å²) in [6.45, 7) is 6.48. The molecule has 0 bridgehead atoms. The van der Waals surface area contributed by atoms with Gasteiger partial charge in [0.05, 0.1) is 12.1 Å². The number of unbranched alkanes of at least 4 members (excludes halogenated alkanes) is 1. The lowest BCUT2D eigenvalue weighted by atomic mass is 10.0. The molecule has 0 radical (unpaired) electrons. The lowest BCUT2D eigenvalue weighted by molar-refractivity contribution is -0.116. The largest absolute Gasteiger partial charge is 0.332 e. The van der Waals surface area contributed by atoms with Gasteiger partial charge in [0.15, 0.2) is 0 Å². The number of benzene rings is 1. The molecule has 7 heteroatoms. The average Bonchev–Trinajstić information content (AvgIpc) is 3.20. The van der Waals surface area contributed by atoms with Crippen LogP contribution in [0.3, 0.4) is 0 Å². The summed E-state index contributed by atoms with van der Waals surface area (Å²) in [6, 6.07) is 6.75. The van der Waals surface area contributed by atoms with E-state index in [2.05, 4.69) is 41.9 Å². The first-order valence-electron chi connectivity index (χ1n) is 10.2. The third-order valence-corrected chi connectivity index (χ3v) is 8.24. The number of rotatable bonds is 9. The second-order valence-electron chi connectivity index (χ2n) is 7.73. The molecule has 154 valence electrons. The van der Waals surface area contributed by atoms with Gasteiger partial charge < -0.3 is 16.0 Å². The number of urea groups is 1. The zero-order chi connectivity index (χ0) is 20.1. The summed E-state index contributed by atoms with van der Waals surface area (Å²) in [4.78, 5) is 25.0. The van der Waals surface area contributed by atoms with Gasteiger partial charge in [0, 0.05) is 33.3 Å². The minimum Gasteiger partial charge on any atom is -0.332 e. The Kier molecular flexibility index (Phi) is 7.57. The zero-order valence-electron chi connectivity index (χ0n) is 16.9. The molecule has 2 aliphatic rings. The van der Waals surface area contributed by atoms with Gasteiger partial charge in [-0.3, -0.25) is 4.79 Å². The third kappa shape index (κ3) is 5.60. The van der Waals surface area contributed by atoms with Crippen LogP contribution in [0.15, 0.2) is 23.1 Å². The molecule has 2 aliphatic heterocycles. The molecule has 0 aliphatic carbocycles. The summed E-state index contributed by atoms with van der Waals surface area (Å²) in [6.07, 6.45) is 4.61. The SMILES string of the molecule is CC[C@@H](C)Sc1ccc(NC(=O)CCCC[C@@H]2SC[C@@H]3NC(=O)N[C@@H]32)c(C)c1. The van der Waals surface area contributed by atoms with E-state index in [1.54, 1.807) is 0 Å². The van der Waals surface area contributed by atoms with Crippen molar-refractivity contribution in [1.29, 1.82) is 0 Å². The molecule has 0 aromatic heterocycles. The number of nitrogens with one attached hydrogen (secondary N) is 3. The number of carbonyl (C=O) groups excluding carboxylic acids is 2. The van der Waals surface area contributed by atoms with Crippen LogP contribution in [0.4, 0.5) is 10.5 Å². The van der Waals surface area contributed by atoms with Gasteiger partial charge in [-0.15, -0.1) is 11.8 Å². The molecule has 0 saturated carbocycles. The first-order valence-corrected chi connectivity index (χ1v) is 12.1. The molecule has 2 saturated heterocycles. The molecule has 4 atom stereocenters. The van der Waals surface area contributed by atoms with Crippen LogP contribution in [-0.2, 0) is 4.79 Å². The highest BCUT2D eigenvalue weighted by Crippen LogP contribution is 2.33. The smallest absolute Gasteiger partial charge is 0.315 e. The van der Waals surface area contributed by atoms with Gasteiger partial charge in [-0.2, -0.15) is 11.8 Å². The maximum absolute atomic E-state index is 12.3. The van der Waals surface area contributed by atoms with Crippen molar-refractivity contribution in [3.63, 3.8) is 0 Å². The maximum atomic E-state index is 12.3. The van der Waals surface area contributed by atoms with Crippen molar-refractivity contribution >= 4 is 41.1 Å². The predicted molar refractivity (Wildman–Crippen MR) is 119 cm³/mol. The van der Waals surface area contributed by atoms with Crippen LogP contribution < -0.4 is 16.0 Å². The van der Waals surface area contributed by atoms with Crippen LogP contribution >= 0.6 is 23.5 Å².